The number of nitrogens with zero attached hydrogens (tertiary/aromatic N) is 3. The van der Waals surface area contributed by atoms with Crippen LogP contribution in [0.25, 0.3) is 0 Å². The monoisotopic (exact) mass is 328 g/mol. The molecule has 4 N–H and O–H groups in total. The standard InChI is InChI=1S/C8H18N5O9/c9-7(3-1-5-19-11(14)15)21-13(18)22-8(10)4-2-6-20-12(16)17/h7-8H,1-6,9-10H2/q+1. The first-order chi connectivity index (χ1) is 10.3. The summed E-state index contributed by atoms with van der Waals surface area (Å²) >= 11 is 0. The van der Waals surface area contributed by atoms with Crippen molar-refractivity contribution < 1.29 is 34.6 Å². The summed E-state index contributed by atoms with van der Waals surface area (Å²) in [5.74, 6) is 0. The molecule has 0 fully saturated rings. The summed E-state index contributed by atoms with van der Waals surface area (Å²) < 4.78 is 0. The lowest BCUT2D eigenvalue weighted by Crippen LogP contribution is -2.34. The van der Waals surface area contributed by atoms with Gasteiger partial charge < -0.3 is 9.68 Å². The molecule has 128 valence electrons. The quantitative estimate of drug-likeness (QED) is 0.175. The van der Waals surface area contributed by atoms with E-state index < -0.39 is 22.6 Å². The van der Waals surface area contributed by atoms with E-state index in [0.717, 1.165) is 0 Å². The van der Waals surface area contributed by atoms with Crippen LogP contribution in [0.1, 0.15) is 25.7 Å². The number of nitrogens with two attached hydrogens (primary N) is 2. The van der Waals surface area contributed by atoms with Crippen LogP contribution >= 0.6 is 0 Å². The van der Waals surface area contributed by atoms with Gasteiger partial charge in [-0.05, 0) is 12.8 Å². The van der Waals surface area contributed by atoms with Gasteiger partial charge in [-0.25, -0.2) is 0 Å². The summed E-state index contributed by atoms with van der Waals surface area (Å²) in [6, 6.07) is 0. The Morgan fingerprint density at radius 3 is 1.50 bits per heavy atom. The second-order valence-corrected chi connectivity index (χ2v) is 3.91. The van der Waals surface area contributed by atoms with Gasteiger partial charge in [-0.1, -0.05) is 0 Å². The maximum Gasteiger partial charge on any atom is 0.480 e. The minimum atomic E-state index is -1.06. The van der Waals surface area contributed by atoms with Crippen molar-refractivity contribution in [1.29, 1.82) is 0 Å². The summed E-state index contributed by atoms with van der Waals surface area (Å²) in [5, 5.41) is 17.6. The number of rotatable bonds is 14. The maximum atomic E-state index is 11.2. The van der Waals surface area contributed by atoms with Gasteiger partial charge in [0.05, 0.1) is 13.2 Å². The topological polar surface area (TPSA) is 195 Å². The van der Waals surface area contributed by atoms with E-state index in [9.17, 15) is 25.1 Å². The number of hydrogen-bond donors (Lipinski definition) is 2. The Morgan fingerprint density at radius 1 is 0.818 bits per heavy atom. The highest BCUT2D eigenvalue weighted by Crippen LogP contribution is 2.02. The lowest BCUT2D eigenvalue weighted by molar-refractivity contribution is -0.992. The molecule has 22 heavy (non-hydrogen) atoms. The molecule has 0 heterocycles. The van der Waals surface area contributed by atoms with Gasteiger partial charge in [0.15, 0.2) is 0 Å². The summed E-state index contributed by atoms with van der Waals surface area (Å²) in [4.78, 5) is 48.1. The largest absolute Gasteiger partial charge is 0.480 e. The highest BCUT2D eigenvalue weighted by atomic mass is 17.0. The van der Waals surface area contributed by atoms with E-state index in [4.69, 9.17) is 11.5 Å². The smallest absolute Gasteiger partial charge is 0.314 e. The Kier molecular flexibility index (Phi) is 9.95. The van der Waals surface area contributed by atoms with Crippen molar-refractivity contribution in [3.05, 3.63) is 25.1 Å². The molecule has 0 aliphatic carbocycles. The Morgan fingerprint density at radius 2 is 1.18 bits per heavy atom. The minimum absolute atomic E-state index is 0.113. The van der Waals surface area contributed by atoms with Crippen LogP contribution in [0.2, 0.25) is 0 Å². The average Bonchev–Trinajstić information content (AvgIpc) is 2.39. The third kappa shape index (κ3) is 12.5. The van der Waals surface area contributed by atoms with Crippen LogP contribution in [0.15, 0.2) is 0 Å². The zero-order valence-corrected chi connectivity index (χ0v) is 11.6. The van der Waals surface area contributed by atoms with Crippen LogP contribution in [0.4, 0.5) is 0 Å². The lowest BCUT2D eigenvalue weighted by Gasteiger charge is -2.07. The van der Waals surface area contributed by atoms with Crippen LogP contribution in [-0.2, 0) is 19.4 Å². The second-order valence-electron chi connectivity index (χ2n) is 3.91. The molecule has 2 atom stereocenters. The van der Waals surface area contributed by atoms with E-state index in [2.05, 4.69) is 19.4 Å². The molecule has 0 aromatic rings. The average molecular weight is 328 g/mol. The third-order valence-electron chi connectivity index (χ3n) is 2.10. The molecular weight excluding hydrogens is 310 g/mol. The van der Waals surface area contributed by atoms with Gasteiger partial charge in [-0.15, -0.1) is 20.2 Å². The fraction of sp³-hybridized carbons (Fsp3) is 1.00. The van der Waals surface area contributed by atoms with E-state index in [1.165, 1.54) is 0 Å². The van der Waals surface area contributed by atoms with Crippen LogP contribution in [-0.4, -0.2) is 40.9 Å². The predicted molar refractivity (Wildman–Crippen MR) is 66.1 cm³/mol. The van der Waals surface area contributed by atoms with Gasteiger partial charge in [-0.2, -0.15) is 9.68 Å². The first-order valence-electron chi connectivity index (χ1n) is 6.18. The molecule has 0 aromatic heterocycles. The van der Waals surface area contributed by atoms with Crippen molar-refractivity contribution in [2.24, 2.45) is 11.5 Å². The molecule has 0 amide bonds. The molecule has 0 spiro atoms. The molecule has 14 heteroatoms. The van der Waals surface area contributed by atoms with Crippen molar-refractivity contribution in [1.82, 2.24) is 0 Å². The molecule has 0 rings (SSSR count). The Labute approximate surface area is 123 Å². The van der Waals surface area contributed by atoms with Crippen LogP contribution in [0.3, 0.4) is 0 Å². The summed E-state index contributed by atoms with van der Waals surface area (Å²) in [7, 11) is 0. The van der Waals surface area contributed by atoms with Gasteiger partial charge >= 0.3 is 5.09 Å². The Hall–Kier alpha value is -2.48. The van der Waals surface area contributed by atoms with Crippen LogP contribution in [0, 0.1) is 25.1 Å². The first kappa shape index (κ1) is 19.5. The molecule has 0 aliphatic rings. The van der Waals surface area contributed by atoms with Gasteiger partial charge in [0.25, 0.3) is 10.2 Å². The van der Waals surface area contributed by atoms with E-state index in [1.807, 2.05) is 0 Å². The number of hydrogen-bond acceptors (Lipinski definition) is 11. The first-order valence-corrected chi connectivity index (χ1v) is 6.18. The van der Waals surface area contributed by atoms with Crippen molar-refractivity contribution in [3.8, 4) is 0 Å². The van der Waals surface area contributed by atoms with Crippen molar-refractivity contribution in [3.63, 3.8) is 0 Å². The fourth-order valence-corrected chi connectivity index (χ4v) is 1.20. The molecule has 2 unspecified atom stereocenters. The molecule has 0 radical (unpaired) electrons. The van der Waals surface area contributed by atoms with Crippen LogP contribution < -0.4 is 11.5 Å². The molecule has 0 bridgehead atoms. The van der Waals surface area contributed by atoms with Crippen LogP contribution in [0.5, 0.6) is 0 Å². The highest BCUT2D eigenvalue weighted by Gasteiger charge is 2.23. The molecule has 0 aromatic carbocycles. The fourth-order valence-electron chi connectivity index (χ4n) is 1.20. The predicted octanol–water partition coefficient (Wildman–Crippen LogP) is -0.825. The summed E-state index contributed by atoms with van der Waals surface area (Å²) in [5.41, 5.74) is 10.8. The molecule has 0 saturated carbocycles. The Balaban J connectivity index is 3.68. The van der Waals surface area contributed by atoms with E-state index in [-0.39, 0.29) is 44.0 Å². The van der Waals surface area contributed by atoms with Gasteiger partial charge in [-0.3, -0.25) is 11.5 Å². The van der Waals surface area contributed by atoms with E-state index in [1.54, 1.807) is 0 Å². The Bertz CT molecular complexity index is 336. The zero-order valence-electron chi connectivity index (χ0n) is 11.6. The summed E-state index contributed by atoms with van der Waals surface area (Å²) in [6.45, 7) is -0.362. The lowest BCUT2D eigenvalue weighted by atomic mass is 10.3. The maximum absolute atomic E-state index is 11.2. The van der Waals surface area contributed by atoms with E-state index in [0.29, 0.717) is 0 Å². The molecule has 0 saturated heterocycles. The van der Waals surface area contributed by atoms with Gasteiger partial charge in [0.1, 0.15) is 4.91 Å². The minimum Gasteiger partial charge on any atom is -0.314 e. The second kappa shape index (κ2) is 11.2. The van der Waals surface area contributed by atoms with E-state index >= 15 is 0 Å². The normalized spacial score (nSPS) is 12.8. The van der Waals surface area contributed by atoms with Crippen molar-refractivity contribution in [2.75, 3.05) is 13.2 Å². The molecule has 0 aliphatic heterocycles. The molecule has 14 nitrogen and oxygen atoms in total. The summed E-state index contributed by atoms with van der Waals surface area (Å²) in [6.07, 6.45) is -1.50. The highest BCUT2D eigenvalue weighted by molar-refractivity contribution is 4.45. The van der Waals surface area contributed by atoms with Crippen molar-refractivity contribution in [2.45, 2.75) is 38.1 Å². The third-order valence-corrected chi connectivity index (χ3v) is 2.10. The van der Waals surface area contributed by atoms with Gasteiger partial charge in [0.2, 0.25) is 12.5 Å². The zero-order chi connectivity index (χ0) is 17.0. The molecular formula is C8H18N5O9+. The van der Waals surface area contributed by atoms with Crippen molar-refractivity contribution >= 4 is 0 Å². The van der Waals surface area contributed by atoms with Gasteiger partial charge in [0, 0.05) is 12.8 Å². The SMILES string of the molecule is NC(CCCO[N+](=O)[O-])O[N+](=O)OC(N)CCCO[N+](=O)[O-].